The van der Waals surface area contributed by atoms with Crippen LogP contribution >= 0.6 is 0 Å². The molecule has 1 amide bonds. The van der Waals surface area contributed by atoms with Gasteiger partial charge in [-0.2, -0.15) is 0 Å². The first-order chi connectivity index (χ1) is 14.0. The molecule has 2 N–H and O–H groups in total. The molecular formula is C24H23NO4. The lowest BCUT2D eigenvalue weighted by atomic mass is 10.0. The molecule has 0 spiro atoms. The summed E-state index contributed by atoms with van der Waals surface area (Å²) >= 11 is 0. The molecule has 0 bridgehead atoms. The third kappa shape index (κ3) is 5.69. The quantitative estimate of drug-likeness (QED) is 0.600. The van der Waals surface area contributed by atoms with Crippen LogP contribution in [-0.4, -0.2) is 29.6 Å². The van der Waals surface area contributed by atoms with Crippen molar-refractivity contribution in [2.75, 3.05) is 6.54 Å². The Balaban J connectivity index is 1.50. The fourth-order valence-corrected chi connectivity index (χ4v) is 2.85. The predicted octanol–water partition coefficient (Wildman–Crippen LogP) is 3.96. The minimum atomic E-state index is -0.880. The number of nitrogens with one attached hydrogen (secondary N) is 1. The molecule has 0 aromatic heterocycles. The van der Waals surface area contributed by atoms with Gasteiger partial charge in [0.25, 0.3) is 5.91 Å². The molecule has 0 aliphatic heterocycles. The number of ether oxygens (including phenoxy) is 1. The van der Waals surface area contributed by atoms with E-state index in [4.69, 9.17) is 4.74 Å². The smallest absolute Gasteiger partial charge is 0.338 e. The summed E-state index contributed by atoms with van der Waals surface area (Å²) in [6.45, 7) is 2.03. The standard InChI is InChI=1S/C24H23NO4/c1-17(23(27)25-16-15-18-5-3-2-4-6-18)29-24(28)21-9-7-19(8-10-21)20-11-13-22(26)14-12-20/h2-14,17,26H,15-16H2,1H3,(H,25,27)/t17-/m1/s1. The highest BCUT2D eigenvalue weighted by atomic mass is 16.5. The van der Waals surface area contributed by atoms with Crippen LogP contribution in [0.25, 0.3) is 11.1 Å². The van der Waals surface area contributed by atoms with Crippen LogP contribution in [0.2, 0.25) is 0 Å². The average molecular weight is 389 g/mol. The zero-order valence-corrected chi connectivity index (χ0v) is 16.2. The first-order valence-corrected chi connectivity index (χ1v) is 9.45. The van der Waals surface area contributed by atoms with E-state index < -0.39 is 12.1 Å². The molecule has 0 radical (unpaired) electrons. The average Bonchev–Trinajstić information content (AvgIpc) is 2.75. The van der Waals surface area contributed by atoms with Crippen molar-refractivity contribution < 1.29 is 19.4 Å². The van der Waals surface area contributed by atoms with Gasteiger partial charge >= 0.3 is 5.97 Å². The van der Waals surface area contributed by atoms with Crippen molar-refractivity contribution in [3.05, 3.63) is 90.0 Å². The zero-order chi connectivity index (χ0) is 20.6. The second-order valence-corrected chi connectivity index (χ2v) is 6.70. The molecule has 5 heteroatoms. The van der Waals surface area contributed by atoms with Gasteiger partial charge in [-0.05, 0) is 54.3 Å². The maximum absolute atomic E-state index is 12.3. The number of carbonyl (C=O) groups excluding carboxylic acids is 2. The molecule has 0 heterocycles. The van der Waals surface area contributed by atoms with Crippen molar-refractivity contribution in [2.24, 2.45) is 0 Å². The Morgan fingerprint density at radius 2 is 1.48 bits per heavy atom. The summed E-state index contributed by atoms with van der Waals surface area (Å²) in [5.74, 6) is -0.673. The lowest BCUT2D eigenvalue weighted by Gasteiger charge is -2.14. The summed E-state index contributed by atoms with van der Waals surface area (Å²) in [6.07, 6.45) is -0.165. The Labute approximate surface area is 170 Å². The summed E-state index contributed by atoms with van der Waals surface area (Å²) in [4.78, 5) is 24.5. The van der Waals surface area contributed by atoms with Crippen molar-refractivity contribution in [2.45, 2.75) is 19.4 Å². The summed E-state index contributed by atoms with van der Waals surface area (Å²) in [5, 5.41) is 12.2. The van der Waals surface area contributed by atoms with Crippen LogP contribution in [0.15, 0.2) is 78.9 Å². The number of hydrogen-bond acceptors (Lipinski definition) is 4. The van der Waals surface area contributed by atoms with E-state index in [1.165, 1.54) is 0 Å². The number of hydrogen-bond donors (Lipinski definition) is 2. The summed E-state index contributed by atoms with van der Waals surface area (Å²) < 4.78 is 5.28. The van der Waals surface area contributed by atoms with Gasteiger partial charge in [-0.3, -0.25) is 4.79 Å². The Morgan fingerprint density at radius 1 is 0.897 bits per heavy atom. The minimum Gasteiger partial charge on any atom is -0.508 e. The molecular weight excluding hydrogens is 366 g/mol. The highest BCUT2D eigenvalue weighted by Gasteiger charge is 2.18. The SMILES string of the molecule is C[C@@H](OC(=O)c1ccc(-c2ccc(O)cc2)cc1)C(=O)NCCc1ccccc1. The number of benzene rings is 3. The van der Waals surface area contributed by atoms with Gasteiger partial charge in [-0.25, -0.2) is 4.79 Å². The van der Waals surface area contributed by atoms with Crippen molar-refractivity contribution in [3.8, 4) is 16.9 Å². The Hall–Kier alpha value is -3.60. The van der Waals surface area contributed by atoms with Gasteiger partial charge in [-0.15, -0.1) is 0 Å². The van der Waals surface area contributed by atoms with E-state index in [1.54, 1.807) is 55.5 Å². The van der Waals surface area contributed by atoms with Crippen LogP contribution in [0.4, 0.5) is 0 Å². The second kappa shape index (κ2) is 9.55. The summed E-state index contributed by atoms with van der Waals surface area (Å²) in [6, 6.07) is 23.6. The summed E-state index contributed by atoms with van der Waals surface area (Å²) in [5.41, 5.74) is 3.34. The van der Waals surface area contributed by atoms with Crippen LogP contribution < -0.4 is 5.32 Å². The van der Waals surface area contributed by atoms with Gasteiger partial charge < -0.3 is 15.2 Å². The van der Waals surface area contributed by atoms with E-state index in [1.807, 2.05) is 30.3 Å². The van der Waals surface area contributed by atoms with E-state index in [-0.39, 0.29) is 11.7 Å². The fourth-order valence-electron chi connectivity index (χ4n) is 2.85. The Morgan fingerprint density at radius 3 is 2.10 bits per heavy atom. The number of phenolic OH excluding ortho intramolecular Hbond substituents is 1. The number of esters is 1. The Kier molecular flexibility index (Phi) is 6.63. The number of carbonyl (C=O) groups is 2. The monoisotopic (exact) mass is 389 g/mol. The molecule has 5 nitrogen and oxygen atoms in total. The van der Waals surface area contributed by atoms with E-state index in [9.17, 15) is 14.7 Å². The number of amides is 1. The third-order valence-electron chi connectivity index (χ3n) is 4.53. The number of aromatic hydroxyl groups is 1. The normalized spacial score (nSPS) is 11.5. The lowest BCUT2D eigenvalue weighted by molar-refractivity contribution is -0.129. The minimum absolute atomic E-state index is 0.199. The van der Waals surface area contributed by atoms with Gasteiger partial charge in [-0.1, -0.05) is 54.6 Å². The molecule has 0 aliphatic carbocycles. The first kappa shape index (κ1) is 20.1. The van der Waals surface area contributed by atoms with E-state index >= 15 is 0 Å². The lowest BCUT2D eigenvalue weighted by Crippen LogP contribution is -2.36. The highest BCUT2D eigenvalue weighted by Crippen LogP contribution is 2.22. The zero-order valence-electron chi connectivity index (χ0n) is 16.2. The van der Waals surface area contributed by atoms with Crippen LogP contribution in [0.3, 0.4) is 0 Å². The largest absolute Gasteiger partial charge is 0.508 e. The molecule has 0 aliphatic rings. The number of rotatable bonds is 7. The molecule has 1 atom stereocenters. The van der Waals surface area contributed by atoms with Crippen molar-refractivity contribution >= 4 is 11.9 Å². The first-order valence-electron chi connectivity index (χ1n) is 9.45. The van der Waals surface area contributed by atoms with Gasteiger partial charge in [0.2, 0.25) is 0 Å². The van der Waals surface area contributed by atoms with Crippen molar-refractivity contribution in [1.82, 2.24) is 5.32 Å². The maximum Gasteiger partial charge on any atom is 0.338 e. The van der Waals surface area contributed by atoms with Crippen LogP contribution in [0, 0.1) is 0 Å². The summed E-state index contributed by atoms with van der Waals surface area (Å²) in [7, 11) is 0. The molecule has 0 saturated carbocycles. The topological polar surface area (TPSA) is 75.6 Å². The van der Waals surface area contributed by atoms with Crippen molar-refractivity contribution in [1.29, 1.82) is 0 Å². The third-order valence-corrected chi connectivity index (χ3v) is 4.53. The highest BCUT2D eigenvalue weighted by molar-refractivity contribution is 5.92. The van der Waals surface area contributed by atoms with E-state index in [0.29, 0.717) is 18.5 Å². The van der Waals surface area contributed by atoms with Crippen LogP contribution in [0.5, 0.6) is 5.75 Å². The molecule has 148 valence electrons. The van der Waals surface area contributed by atoms with E-state index in [2.05, 4.69) is 5.32 Å². The molecule has 0 saturated heterocycles. The van der Waals surface area contributed by atoms with Gasteiger partial charge in [0.15, 0.2) is 6.10 Å². The molecule has 0 fully saturated rings. The van der Waals surface area contributed by atoms with Gasteiger partial charge in [0.05, 0.1) is 5.56 Å². The van der Waals surface area contributed by atoms with Crippen molar-refractivity contribution in [3.63, 3.8) is 0 Å². The predicted molar refractivity (Wildman–Crippen MR) is 112 cm³/mol. The molecule has 3 aromatic rings. The number of phenols is 1. The Bertz CT molecular complexity index is 950. The van der Waals surface area contributed by atoms with E-state index in [0.717, 1.165) is 16.7 Å². The van der Waals surface area contributed by atoms with Gasteiger partial charge in [0, 0.05) is 6.54 Å². The fraction of sp³-hybridized carbons (Fsp3) is 0.167. The van der Waals surface area contributed by atoms with Crippen LogP contribution in [0.1, 0.15) is 22.8 Å². The maximum atomic E-state index is 12.3. The van der Waals surface area contributed by atoms with Gasteiger partial charge in [0.1, 0.15) is 5.75 Å². The molecule has 3 rings (SSSR count). The molecule has 29 heavy (non-hydrogen) atoms. The molecule has 0 unspecified atom stereocenters. The second-order valence-electron chi connectivity index (χ2n) is 6.70. The molecule has 3 aromatic carbocycles. The van der Waals surface area contributed by atoms with Crippen LogP contribution in [-0.2, 0) is 16.0 Å².